The maximum absolute atomic E-state index is 10.6. The first kappa shape index (κ1) is 22.4. The van der Waals surface area contributed by atoms with Gasteiger partial charge < -0.3 is 14.2 Å². The fourth-order valence-electron chi connectivity index (χ4n) is 2.54. The molecule has 0 amide bonds. The average Bonchev–Trinajstić information content (AvgIpc) is 2.65. The summed E-state index contributed by atoms with van der Waals surface area (Å²) < 4.78 is 16.5. The minimum absolute atomic E-state index is 0.0576. The van der Waals surface area contributed by atoms with Crippen molar-refractivity contribution < 1.29 is 19.1 Å². The zero-order valence-corrected chi connectivity index (χ0v) is 16.0. The predicted molar refractivity (Wildman–Crippen MR) is 103 cm³/mol. The van der Waals surface area contributed by atoms with Gasteiger partial charge in [-0.2, -0.15) is 0 Å². The first-order valence-corrected chi connectivity index (χ1v) is 9.76. The Balaban J connectivity index is 1.83. The number of rotatable bonds is 17. The van der Waals surface area contributed by atoms with E-state index in [1.54, 1.807) is 12.1 Å². The molecule has 0 radical (unpaired) electrons. The molecule has 0 saturated heterocycles. The highest BCUT2D eigenvalue weighted by atomic mass is 16.6. The lowest BCUT2D eigenvalue weighted by Crippen LogP contribution is -2.11. The summed E-state index contributed by atoms with van der Waals surface area (Å²) in [5.41, 5.74) is 0.0576. The van der Waals surface area contributed by atoms with Gasteiger partial charge in [0.2, 0.25) is 0 Å². The maximum Gasteiger partial charge on any atom is 0.269 e. The van der Waals surface area contributed by atoms with Crippen molar-refractivity contribution in [2.45, 2.75) is 58.3 Å². The Hall–Kier alpha value is -1.66. The molecule has 0 aliphatic heterocycles. The van der Waals surface area contributed by atoms with E-state index in [1.165, 1.54) is 57.1 Å². The summed E-state index contributed by atoms with van der Waals surface area (Å²) in [5, 5.41) is 10.6. The molecule has 0 aromatic heterocycles. The van der Waals surface area contributed by atoms with Gasteiger partial charge in [0.15, 0.2) is 0 Å². The Labute approximate surface area is 157 Å². The molecule has 0 N–H and O–H groups in total. The largest absolute Gasteiger partial charge is 0.491 e. The van der Waals surface area contributed by atoms with Crippen LogP contribution in [0.1, 0.15) is 58.3 Å². The summed E-state index contributed by atoms with van der Waals surface area (Å²) in [5.74, 6) is 0.602. The summed E-state index contributed by atoms with van der Waals surface area (Å²) in [6.07, 6.45) is 10.4. The Morgan fingerprint density at radius 2 is 1.31 bits per heavy atom. The Morgan fingerprint density at radius 1 is 0.769 bits per heavy atom. The van der Waals surface area contributed by atoms with Gasteiger partial charge in [0.25, 0.3) is 5.69 Å². The van der Waals surface area contributed by atoms with Crippen LogP contribution in [-0.2, 0) is 9.47 Å². The lowest BCUT2D eigenvalue weighted by Gasteiger charge is -2.08. The molecule has 0 heterocycles. The molecule has 0 fully saturated rings. The Morgan fingerprint density at radius 3 is 1.92 bits per heavy atom. The van der Waals surface area contributed by atoms with Gasteiger partial charge in [-0.05, 0) is 18.6 Å². The summed E-state index contributed by atoms with van der Waals surface area (Å²) in [4.78, 5) is 10.1. The van der Waals surface area contributed by atoms with Gasteiger partial charge in [-0.1, -0.05) is 51.9 Å². The van der Waals surface area contributed by atoms with Crippen LogP contribution in [0.5, 0.6) is 5.75 Å². The number of benzene rings is 1. The van der Waals surface area contributed by atoms with Crippen LogP contribution in [0.3, 0.4) is 0 Å². The standard InChI is InChI=1S/C20H33NO5/c1-2-3-4-5-6-7-8-9-14-24-15-16-25-17-18-26-20-12-10-19(11-13-20)21(22)23/h10-13H,2-9,14-18H2,1H3. The van der Waals surface area contributed by atoms with Gasteiger partial charge >= 0.3 is 0 Å². The molecule has 6 nitrogen and oxygen atoms in total. The van der Waals surface area contributed by atoms with Crippen LogP contribution in [-0.4, -0.2) is 38.0 Å². The van der Waals surface area contributed by atoms with Gasteiger partial charge in [0.1, 0.15) is 12.4 Å². The lowest BCUT2D eigenvalue weighted by molar-refractivity contribution is -0.384. The van der Waals surface area contributed by atoms with Crippen molar-refractivity contribution in [3.05, 3.63) is 34.4 Å². The number of unbranched alkanes of at least 4 members (excludes halogenated alkanes) is 7. The zero-order valence-electron chi connectivity index (χ0n) is 16.0. The minimum atomic E-state index is -0.430. The molecule has 0 saturated carbocycles. The third kappa shape index (κ3) is 11.8. The Kier molecular flexibility index (Phi) is 13.4. The molecule has 0 atom stereocenters. The van der Waals surface area contributed by atoms with Crippen molar-refractivity contribution in [1.29, 1.82) is 0 Å². The summed E-state index contributed by atoms with van der Waals surface area (Å²) in [7, 11) is 0. The third-order valence-electron chi connectivity index (χ3n) is 4.06. The van der Waals surface area contributed by atoms with Crippen LogP contribution < -0.4 is 4.74 Å². The summed E-state index contributed by atoms with van der Waals surface area (Å²) in [6.45, 7) is 5.09. The van der Waals surface area contributed by atoms with Crippen LogP contribution in [0.25, 0.3) is 0 Å². The Bertz CT molecular complexity index is 464. The number of nitro benzene ring substituents is 1. The molecule has 0 aliphatic carbocycles. The summed E-state index contributed by atoms with van der Waals surface area (Å²) in [6, 6.07) is 6.03. The highest BCUT2D eigenvalue weighted by Gasteiger charge is 2.04. The van der Waals surface area contributed by atoms with Gasteiger partial charge in [0.05, 0.1) is 24.7 Å². The number of nitrogens with zero attached hydrogens (tertiary/aromatic N) is 1. The quantitative estimate of drug-likeness (QED) is 0.216. The van der Waals surface area contributed by atoms with E-state index in [4.69, 9.17) is 14.2 Å². The number of hydrogen-bond acceptors (Lipinski definition) is 5. The molecule has 0 unspecified atom stereocenters. The first-order valence-electron chi connectivity index (χ1n) is 9.76. The molecular formula is C20H33NO5. The van der Waals surface area contributed by atoms with Crippen molar-refractivity contribution in [3.8, 4) is 5.75 Å². The average molecular weight is 367 g/mol. The molecule has 1 aromatic rings. The number of ether oxygens (including phenoxy) is 3. The van der Waals surface area contributed by atoms with Gasteiger partial charge in [-0.25, -0.2) is 0 Å². The van der Waals surface area contributed by atoms with Crippen LogP contribution in [0.4, 0.5) is 5.69 Å². The van der Waals surface area contributed by atoms with Gasteiger partial charge in [0, 0.05) is 18.7 Å². The van der Waals surface area contributed by atoms with Crippen LogP contribution in [0, 0.1) is 10.1 Å². The highest BCUT2D eigenvalue weighted by Crippen LogP contribution is 2.17. The lowest BCUT2D eigenvalue weighted by atomic mass is 10.1. The number of nitro groups is 1. The topological polar surface area (TPSA) is 70.8 Å². The number of non-ortho nitro benzene ring substituents is 1. The molecule has 0 aliphatic rings. The second-order valence-electron chi connectivity index (χ2n) is 6.30. The van der Waals surface area contributed by atoms with E-state index in [2.05, 4.69) is 6.92 Å². The predicted octanol–water partition coefficient (Wildman–Crippen LogP) is 5.15. The van der Waals surface area contributed by atoms with E-state index >= 15 is 0 Å². The highest BCUT2D eigenvalue weighted by molar-refractivity contribution is 5.35. The fraction of sp³-hybridized carbons (Fsp3) is 0.700. The molecule has 148 valence electrons. The van der Waals surface area contributed by atoms with Crippen molar-refractivity contribution in [2.75, 3.05) is 33.0 Å². The van der Waals surface area contributed by atoms with Crippen LogP contribution in [0.2, 0.25) is 0 Å². The van der Waals surface area contributed by atoms with Crippen molar-refractivity contribution in [2.24, 2.45) is 0 Å². The monoisotopic (exact) mass is 367 g/mol. The van der Waals surface area contributed by atoms with Crippen molar-refractivity contribution in [3.63, 3.8) is 0 Å². The van der Waals surface area contributed by atoms with E-state index < -0.39 is 4.92 Å². The zero-order chi connectivity index (χ0) is 18.9. The van der Waals surface area contributed by atoms with E-state index in [1.807, 2.05) is 0 Å². The maximum atomic E-state index is 10.6. The minimum Gasteiger partial charge on any atom is -0.491 e. The number of hydrogen-bond donors (Lipinski definition) is 0. The molecule has 0 bridgehead atoms. The SMILES string of the molecule is CCCCCCCCCCOCCOCCOc1ccc([N+](=O)[O-])cc1. The molecule has 0 spiro atoms. The molecule has 1 rings (SSSR count). The fourth-order valence-corrected chi connectivity index (χ4v) is 2.54. The molecular weight excluding hydrogens is 334 g/mol. The molecule has 26 heavy (non-hydrogen) atoms. The second-order valence-corrected chi connectivity index (χ2v) is 6.30. The van der Waals surface area contributed by atoms with E-state index in [0.717, 1.165) is 13.0 Å². The van der Waals surface area contributed by atoms with Crippen LogP contribution in [0.15, 0.2) is 24.3 Å². The van der Waals surface area contributed by atoms with Crippen LogP contribution >= 0.6 is 0 Å². The van der Waals surface area contributed by atoms with Crippen molar-refractivity contribution >= 4 is 5.69 Å². The van der Waals surface area contributed by atoms with Gasteiger partial charge in [-0.3, -0.25) is 10.1 Å². The van der Waals surface area contributed by atoms with E-state index in [-0.39, 0.29) is 5.69 Å². The molecule has 1 aromatic carbocycles. The van der Waals surface area contributed by atoms with Gasteiger partial charge in [-0.15, -0.1) is 0 Å². The summed E-state index contributed by atoms with van der Waals surface area (Å²) >= 11 is 0. The normalized spacial score (nSPS) is 10.8. The van der Waals surface area contributed by atoms with Crippen molar-refractivity contribution in [1.82, 2.24) is 0 Å². The smallest absolute Gasteiger partial charge is 0.269 e. The molecule has 6 heteroatoms. The van der Waals surface area contributed by atoms with E-state index in [0.29, 0.717) is 32.2 Å². The third-order valence-corrected chi connectivity index (χ3v) is 4.06. The first-order chi connectivity index (χ1) is 12.7. The van der Waals surface area contributed by atoms with E-state index in [9.17, 15) is 10.1 Å². The second kappa shape index (κ2) is 15.6.